The molecule has 7 heteroatoms. The van der Waals surface area contributed by atoms with Crippen LogP contribution in [0.3, 0.4) is 0 Å². The molecule has 144 valence electrons. The molecule has 1 heterocycles. The summed E-state index contributed by atoms with van der Waals surface area (Å²) in [5, 5.41) is 2.96. The number of anilines is 1. The minimum Gasteiger partial charge on any atom is -0.456 e. The summed E-state index contributed by atoms with van der Waals surface area (Å²) in [5.41, 5.74) is 4.17. The van der Waals surface area contributed by atoms with Crippen molar-refractivity contribution in [2.24, 2.45) is 0 Å². The Balaban J connectivity index is 1.82. The highest BCUT2D eigenvalue weighted by Crippen LogP contribution is 2.16. The highest BCUT2D eigenvalue weighted by atomic mass is 16.5. The standard InChI is InChI=1S/C21H21N3O4/c1-12-4-5-15(8-13(12)2)9-19-23-18-7-6-16(10-17(18)21(27)24-19)22-20(26)11-28-14(3)25/h4-8,10H,9,11H2,1-3H3,(H,22,26)(H,23,24,27). The molecule has 0 atom stereocenters. The maximum atomic E-state index is 12.5. The van der Waals surface area contributed by atoms with Crippen molar-refractivity contribution in [2.45, 2.75) is 27.2 Å². The van der Waals surface area contributed by atoms with E-state index in [1.807, 2.05) is 13.0 Å². The molecule has 28 heavy (non-hydrogen) atoms. The Morgan fingerprint density at radius 2 is 1.89 bits per heavy atom. The van der Waals surface area contributed by atoms with Crippen LogP contribution in [0, 0.1) is 13.8 Å². The first-order chi connectivity index (χ1) is 13.3. The Bertz CT molecular complexity index is 1120. The molecule has 0 aliphatic rings. The van der Waals surface area contributed by atoms with E-state index >= 15 is 0 Å². The number of aromatic amines is 1. The highest BCUT2D eigenvalue weighted by Gasteiger charge is 2.09. The van der Waals surface area contributed by atoms with Gasteiger partial charge in [-0.05, 0) is 48.7 Å². The van der Waals surface area contributed by atoms with Crippen LogP contribution in [0.2, 0.25) is 0 Å². The number of esters is 1. The average Bonchev–Trinajstić information content (AvgIpc) is 2.64. The highest BCUT2D eigenvalue weighted by molar-refractivity contribution is 5.94. The number of nitrogens with one attached hydrogen (secondary N) is 2. The first kappa shape index (κ1) is 19.3. The lowest BCUT2D eigenvalue weighted by atomic mass is 10.0. The number of nitrogens with zero attached hydrogens (tertiary/aromatic N) is 1. The molecular weight excluding hydrogens is 358 g/mol. The summed E-state index contributed by atoms with van der Waals surface area (Å²) in [4.78, 5) is 42.3. The summed E-state index contributed by atoms with van der Waals surface area (Å²) in [6, 6.07) is 11.0. The zero-order valence-electron chi connectivity index (χ0n) is 16.0. The van der Waals surface area contributed by atoms with Gasteiger partial charge in [0.05, 0.1) is 10.9 Å². The summed E-state index contributed by atoms with van der Waals surface area (Å²) in [7, 11) is 0. The van der Waals surface area contributed by atoms with Crippen molar-refractivity contribution < 1.29 is 14.3 Å². The van der Waals surface area contributed by atoms with Crippen molar-refractivity contribution in [3.8, 4) is 0 Å². The van der Waals surface area contributed by atoms with E-state index in [0.29, 0.717) is 28.8 Å². The third-order valence-corrected chi connectivity index (χ3v) is 4.39. The molecule has 2 aromatic carbocycles. The second-order valence-corrected chi connectivity index (χ2v) is 6.67. The van der Waals surface area contributed by atoms with Gasteiger partial charge in [-0.1, -0.05) is 18.2 Å². The number of aromatic nitrogens is 2. The summed E-state index contributed by atoms with van der Waals surface area (Å²) < 4.78 is 4.64. The Morgan fingerprint density at radius 1 is 1.11 bits per heavy atom. The van der Waals surface area contributed by atoms with Gasteiger partial charge < -0.3 is 15.0 Å². The fraction of sp³-hybridized carbons (Fsp3) is 0.238. The third-order valence-electron chi connectivity index (χ3n) is 4.39. The van der Waals surface area contributed by atoms with Crippen LogP contribution in [0.5, 0.6) is 0 Å². The van der Waals surface area contributed by atoms with Crippen LogP contribution in [0.1, 0.15) is 29.4 Å². The summed E-state index contributed by atoms with van der Waals surface area (Å²) in [6.45, 7) is 4.95. The number of H-pyrrole nitrogens is 1. The minimum atomic E-state index is -0.536. The maximum Gasteiger partial charge on any atom is 0.303 e. The third kappa shape index (κ3) is 4.62. The SMILES string of the molecule is CC(=O)OCC(=O)Nc1ccc2nc(Cc3ccc(C)c(C)c3)[nH]c(=O)c2c1. The maximum absolute atomic E-state index is 12.5. The lowest BCUT2D eigenvalue weighted by Gasteiger charge is -2.08. The van der Waals surface area contributed by atoms with Crippen molar-refractivity contribution in [1.29, 1.82) is 0 Å². The van der Waals surface area contributed by atoms with Crippen LogP contribution in [0.4, 0.5) is 5.69 Å². The molecule has 0 bridgehead atoms. The Morgan fingerprint density at radius 3 is 2.61 bits per heavy atom. The van der Waals surface area contributed by atoms with Gasteiger partial charge in [-0.15, -0.1) is 0 Å². The van der Waals surface area contributed by atoms with Crippen molar-refractivity contribution >= 4 is 28.5 Å². The molecule has 0 aliphatic carbocycles. The van der Waals surface area contributed by atoms with Gasteiger partial charge in [0.2, 0.25) is 0 Å². The fourth-order valence-corrected chi connectivity index (χ4v) is 2.82. The first-order valence-electron chi connectivity index (χ1n) is 8.84. The predicted octanol–water partition coefficient (Wildman–Crippen LogP) is 2.63. The zero-order valence-corrected chi connectivity index (χ0v) is 16.0. The Hall–Kier alpha value is -3.48. The number of aryl methyl sites for hydroxylation is 2. The molecule has 0 saturated heterocycles. The largest absolute Gasteiger partial charge is 0.456 e. The lowest BCUT2D eigenvalue weighted by Crippen LogP contribution is -2.20. The number of carbonyl (C=O) groups is 2. The second-order valence-electron chi connectivity index (χ2n) is 6.67. The number of hydrogen-bond donors (Lipinski definition) is 2. The molecule has 2 N–H and O–H groups in total. The van der Waals surface area contributed by atoms with Crippen LogP contribution in [-0.2, 0) is 20.7 Å². The molecule has 1 aromatic heterocycles. The number of amides is 1. The Kier molecular flexibility index (Phi) is 5.54. The lowest BCUT2D eigenvalue weighted by molar-refractivity contribution is -0.144. The van der Waals surface area contributed by atoms with E-state index in [-0.39, 0.29) is 12.2 Å². The molecule has 7 nitrogen and oxygen atoms in total. The smallest absolute Gasteiger partial charge is 0.303 e. The summed E-state index contributed by atoms with van der Waals surface area (Å²) in [5.74, 6) is -0.441. The van der Waals surface area contributed by atoms with E-state index in [2.05, 4.69) is 39.1 Å². The van der Waals surface area contributed by atoms with Crippen molar-refractivity contribution in [3.63, 3.8) is 0 Å². The second kappa shape index (κ2) is 8.04. The van der Waals surface area contributed by atoms with Crippen LogP contribution in [-0.4, -0.2) is 28.5 Å². The number of benzene rings is 2. The molecular formula is C21H21N3O4. The summed E-state index contributed by atoms with van der Waals surface area (Å²) in [6.07, 6.45) is 0.521. The van der Waals surface area contributed by atoms with Crippen molar-refractivity contribution in [2.75, 3.05) is 11.9 Å². The topological polar surface area (TPSA) is 101 Å². The van der Waals surface area contributed by atoms with Crippen molar-refractivity contribution in [3.05, 3.63) is 69.3 Å². The molecule has 3 aromatic rings. The molecule has 0 saturated carbocycles. The predicted molar refractivity (Wildman–Crippen MR) is 106 cm³/mol. The molecule has 1 amide bonds. The first-order valence-corrected chi connectivity index (χ1v) is 8.84. The number of hydrogen-bond acceptors (Lipinski definition) is 5. The molecule has 3 rings (SSSR count). The van der Waals surface area contributed by atoms with E-state index in [4.69, 9.17) is 0 Å². The normalized spacial score (nSPS) is 10.7. The minimum absolute atomic E-state index is 0.278. The number of rotatable bonds is 5. The van der Waals surface area contributed by atoms with Crippen molar-refractivity contribution in [1.82, 2.24) is 9.97 Å². The van der Waals surface area contributed by atoms with Crippen LogP contribution in [0.25, 0.3) is 10.9 Å². The van der Waals surface area contributed by atoms with Gasteiger partial charge in [-0.3, -0.25) is 14.4 Å². The van der Waals surface area contributed by atoms with Gasteiger partial charge in [0.1, 0.15) is 5.82 Å². The molecule has 0 fully saturated rings. The van der Waals surface area contributed by atoms with Gasteiger partial charge in [-0.25, -0.2) is 4.98 Å². The van der Waals surface area contributed by atoms with E-state index in [0.717, 1.165) is 5.56 Å². The van der Waals surface area contributed by atoms with Gasteiger partial charge >= 0.3 is 5.97 Å². The number of carbonyl (C=O) groups excluding carboxylic acids is 2. The van der Waals surface area contributed by atoms with Crippen LogP contribution < -0.4 is 10.9 Å². The average molecular weight is 379 g/mol. The fourth-order valence-electron chi connectivity index (χ4n) is 2.82. The van der Waals surface area contributed by atoms with Gasteiger partial charge in [0, 0.05) is 19.0 Å². The molecule has 0 radical (unpaired) electrons. The van der Waals surface area contributed by atoms with E-state index in [1.165, 1.54) is 18.1 Å². The van der Waals surface area contributed by atoms with Gasteiger partial charge in [0.15, 0.2) is 6.61 Å². The monoisotopic (exact) mass is 379 g/mol. The van der Waals surface area contributed by atoms with E-state index < -0.39 is 11.9 Å². The zero-order chi connectivity index (χ0) is 20.3. The molecule has 0 unspecified atom stereocenters. The summed E-state index contributed by atoms with van der Waals surface area (Å²) >= 11 is 0. The van der Waals surface area contributed by atoms with Crippen LogP contribution >= 0.6 is 0 Å². The van der Waals surface area contributed by atoms with Gasteiger partial charge in [-0.2, -0.15) is 0 Å². The van der Waals surface area contributed by atoms with Gasteiger partial charge in [0.25, 0.3) is 11.5 Å². The molecule has 0 spiro atoms. The Labute approximate surface area is 161 Å². The number of ether oxygens (including phenoxy) is 1. The molecule has 0 aliphatic heterocycles. The van der Waals surface area contributed by atoms with Crippen LogP contribution in [0.15, 0.2) is 41.2 Å². The quantitative estimate of drug-likeness (QED) is 0.664. The number of fused-ring (bicyclic) bond motifs is 1. The van der Waals surface area contributed by atoms with E-state index in [9.17, 15) is 14.4 Å². The van der Waals surface area contributed by atoms with E-state index in [1.54, 1.807) is 18.2 Å².